The fourth-order valence-electron chi connectivity index (χ4n) is 11.3. The van der Waals surface area contributed by atoms with Gasteiger partial charge in [-0.15, -0.1) is 0 Å². The van der Waals surface area contributed by atoms with Crippen molar-refractivity contribution in [3.05, 3.63) is 93.8 Å². The number of carbonyl (C=O) groups is 1. The largest absolute Gasteiger partial charge is 0.469 e. The molecule has 5 aliphatic heterocycles. The third-order valence-electron chi connectivity index (χ3n) is 13.6. The van der Waals surface area contributed by atoms with Crippen LogP contribution in [-0.2, 0) is 35.1 Å². The van der Waals surface area contributed by atoms with Gasteiger partial charge in [0.25, 0.3) is 0 Å². The van der Waals surface area contributed by atoms with Crippen LogP contribution in [0.1, 0.15) is 60.7 Å². The SMILES string of the molecule is CC=C1CN2C3Cc4c(n(C)c5ccc(C6CC7C(=CC)CN(C)C(Cc8c6[nH]c6ccccc86)C7C(=O)OC)cc45)C2(O)CC1C3CO. The third kappa shape index (κ3) is 4.21. The number of carbonyl (C=O) groups excluding carboxylic acids is 1. The normalized spacial score (nSPS) is 35.4. The van der Waals surface area contributed by atoms with E-state index in [0.29, 0.717) is 6.42 Å². The van der Waals surface area contributed by atoms with Crippen LogP contribution in [0.5, 0.6) is 0 Å². The molecule has 0 radical (unpaired) electrons. The van der Waals surface area contributed by atoms with Crippen LogP contribution in [0.4, 0.5) is 0 Å². The number of aromatic nitrogens is 2. The van der Waals surface area contributed by atoms with Gasteiger partial charge in [0, 0.05) is 84.6 Å². The summed E-state index contributed by atoms with van der Waals surface area (Å²) >= 11 is 0. The molecule has 9 unspecified atom stereocenters. The summed E-state index contributed by atoms with van der Waals surface area (Å²) < 4.78 is 7.76. The number of aryl methyl sites for hydroxylation is 1. The number of hydrogen-bond donors (Lipinski definition) is 3. The summed E-state index contributed by atoms with van der Waals surface area (Å²) in [6, 6.07) is 15.6. The molecule has 9 atom stereocenters. The smallest absolute Gasteiger partial charge is 0.310 e. The highest BCUT2D eigenvalue weighted by Gasteiger charge is 2.60. The first-order chi connectivity index (χ1) is 23.7. The Labute approximate surface area is 288 Å². The average Bonchev–Trinajstić information content (AvgIpc) is 3.60. The molecule has 4 aromatic rings. The van der Waals surface area contributed by atoms with Gasteiger partial charge in [0.2, 0.25) is 0 Å². The predicted octanol–water partition coefficient (Wildman–Crippen LogP) is 5.36. The van der Waals surface area contributed by atoms with Gasteiger partial charge < -0.3 is 24.5 Å². The van der Waals surface area contributed by atoms with Gasteiger partial charge in [-0.3, -0.25) is 14.6 Å². The number of esters is 1. The van der Waals surface area contributed by atoms with Crippen LogP contribution < -0.4 is 0 Å². The van der Waals surface area contributed by atoms with Crippen LogP contribution in [0.25, 0.3) is 21.8 Å². The molecule has 0 spiro atoms. The molecule has 2 aromatic heterocycles. The molecule has 49 heavy (non-hydrogen) atoms. The fraction of sp³-hybridized carbons (Fsp3) is 0.488. The molecule has 6 aliphatic rings. The van der Waals surface area contributed by atoms with Crippen molar-refractivity contribution in [2.24, 2.45) is 30.7 Å². The maximum absolute atomic E-state index is 13.7. The van der Waals surface area contributed by atoms with Gasteiger partial charge in [0.05, 0.1) is 18.7 Å². The summed E-state index contributed by atoms with van der Waals surface area (Å²) in [4.78, 5) is 22.2. The molecule has 0 saturated carbocycles. The van der Waals surface area contributed by atoms with E-state index < -0.39 is 5.72 Å². The predicted molar refractivity (Wildman–Crippen MR) is 191 cm³/mol. The van der Waals surface area contributed by atoms with Crippen molar-refractivity contribution in [3.8, 4) is 0 Å². The Balaban J connectivity index is 1.23. The molecule has 2 aromatic carbocycles. The van der Waals surface area contributed by atoms with E-state index in [4.69, 9.17) is 4.74 Å². The van der Waals surface area contributed by atoms with Crippen molar-refractivity contribution < 1.29 is 19.7 Å². The Morgan fingerprint density at radius 2 is 1.76 bits per heavy atom. The highest BCUT2D eigenvalue weighted by Crippen LogP contribution is 2.57. The van der Waals surface area contributed by atoms with Crippen LogP contribution >= 0.6 is 0 Å². The molecule has 0 amide bonds. The summed E-state index contributed by atoms with van der Waals surface area (Å²) in [6.45, 7) is 5.91. The number of aliphatic hydroxyl groups excluding tert-OH is 1. The molecule has 256 valence electrons. The number of fused-ring (bicyclic) bond motifs is 9. The molecular formula is C41H48N4O4. The molecule has 8 heteroatoms. The second kappa shape index (κ2) is 11.2. The first-order valence-electron chi connectivity index (χ1n) is 18.1. The number of benzene rings is 2. The van der Waals surface area contributed by atoms with E-state index >= 15 is 0 Å². The first-order valence-corrected chi connectivity index (χ1v) is 18.1. The van der Waals surface area contributed by atoms with Crippen LogP contribution in [0.15, 0.2) is 65.8 Å². The van der Waals surface area contributed by atoms with E-state index in [1.807, 2.05) is 0 Å². The number of allylic oxidation sites excluding steroid dienone is 2. The molecule has 3 N–H and O–H groups in total. The number of ether oxygens (including phenoxy) is 1. The minimum Gasteiger partial charge on any atom is -0.469 e. The number of nitrogens with one attached hydrogen (secondary N) is 1. The molecule has 4 fully saturated rings. The molecule has 8 nitrogen and oxygen atoms in total. The number of aliphatic hydroxyl groups is 2. The van der Waals surface area contributed by atoms with Crippen molar-refractivity contribution in [3.63, 3.8) is 0 Å². The van der Waals surface area contributed by atoms with E-state index in [9.17, 15) is 15.0 Å². The second-order valence-electron chi connectivity index (χ2n) is 15.5. The fourth-order valence-corrected chi connectivity index (χ4v) is 11.3. The minimum absolute atomic E-state index is 0.0347. The lowest BCUT2D eigenvalue weighted by molar-refractivity contribution is -0.222. The number of H-pyrrole nitrogens is 1. The van der Waals surface area contributed by atoms with Gasteiger partial charge in [0.15, 0.2) is 5.72 Å². The van der Waals surface area contributed by atoms with E-state index in [1.165, 1.54) is 51.4 Å². The Morgan fingerprint density at radius 3 is 2.51 bits per heavy atom. The van der Waals surface area contributed by atoms with Gasteiger partial charge >= 0.3 is 5.97 Å². The number of piperidine rings is 4. The Kier molecular flexibility index (Phi) is 7.13. The number of likely N-dealkylation sites (N-methyl/N-ethyl adjacent to an activating group) is 1. The van der Waals surface area contributed by atoms with Gasteiger partial charge in [-0.25, -0.2) is 0 Å². The van der Waals surface area contributed by atoms with E-state index in [-0.39, 0.29) is 54.2 Å². The molecule has 10 rings (SSSR count). The van der Waals surface area contributed by atoms with Crippen LogP contribution in [0.2, 0.25) is 0 Å². The highest BCUT2D eigenvalue weighted by atomic mass is 16.5. The molecule has 1 aliphatic carbocycles. The number of nitrogens with zero attached hydrogens (tertiary/aromatic N) is 3. The van der Waals surface area contributed by atoms with Crippen LogP contribution in [-0.4, -0.2) is 81.5 Å². The summed E-state index contributed by atoms with van der Waals surface area (Å²) in [5.41, 5.74) is 9.82. The maximum atomic E-state index is 13.7. The zero-order chi connectivity index (χ0) is 33.9. The number of rotatable bonds is 3. The maximum Gasteiger partial charge on any atom is 0.310 e. The topological polar surface area (TPSA) is 94.0 Å². The zero-order valence-electron chi connectivity index (χ0n) is 29.2. The number of aromatic amines is 1. The van der Waals surface area contributed by atoms with E-state index in [0.717, 1.165) is 49.1 Å². The zero-order valence-corrected chi connectivity index (χ0v) is 29.2. The second-order valence-corrected chi connectivity index (χ2v) is 15.5. The average molecular weight is 661 g/mol. The number of hydrogen-bond acceptors (Lipinski definition) is 6. The number of methoxy groups -OCH3 is 1. The summed E-state index contributed by atoms with van der Waals surface area (Å²) in [7, 11) is 5.78. The quantitative estimate of drug-likeness (QED) is 0.202. The van der Waals surface area contributed by atoms with Crippen molar-refractivity contribution in [2.45, 2.75) is 63.3 Å². The van der Waals surface area contributed by atoms with E-state index in [2.05, 4.69) is 102 Å². The van der Waals surface area contributed by atoms with Gasteiger partial charge in [-0.2, -0.15) is 0 Å². The molecule has 7 heterocycles. The summed E-state index contributed by atoms with van der Waals surface area (Å²) in [6.07, 6.45) is 7.39. The van der Waals surface area contributed by atoms with Crippen molar-refractivity contribution >= 4 is 27.8 Å². The standard InChI is InChI=1S/C41H48N4O4/c1-6-22-19-43(3)36-16-29-25-10-8-9-11-33(25)42-38(29)27(15-26(22)37(36)40(47)49-5)24-12-13-34-28(14-24)30-17-35-32(21-46)31-18-41(48,39(30)44(34)4)45(35)20-23(31)7-2/h6-14,26-27,31-32,35-37,42,46,48H,15-21H2,1-5H3. The van der Waals surface area contributed by atoms with Gasteiger partial charge in [0.1, 0.15) is 0 Å². The Hall–Kier alpha value is -3.69. The minimum atomic E-state index is -1.06. The Bertz CT molecular complexity index is 2070. The molecular weight excluding hydrogens is 612 g/mol. The van der Waals surface area contributed by atoms with Crippen LogP contribution in [0, 0.1) is 23.7 Å². The lowest BCUT2D eigenvalue weighted by Gasteiger charge is -2.62. The van der Waals surface area contributed by atoms with Crippen molar-refractivity contribution in [1.82, 2.24) is 19.4 Å². The molecule has 6 bridgehead atoms. The summed E-state index contributed by atoms with van der Waals surface area (Å²) in [5, 5.41) is 25.6. The first kappa shape index (κ1) is 31.3. The van der Waals surface area contributed by atoms with Gasteiger partial charge in [-0.05, 0) is 86.9 Å². The van der Waals surface area contributed by atoms with Crippen molar-refractivity contribution in [2.75, 3.05) is 33.9 Å². The van der Waals surface area contributed by atoms with Gasteiger partial charge in [-0.1, -0.05) is 47.6 Å². The highest BCUT2D eigenvalue weighted by molar-refractivity contribution is 5.89. The lowest BCUT2D eigenvalue weighted by atomic mass is 9.62. The molecule has 4 saturated heterocycles. The number of para-hydroxylation sites is 1. The summed E-state index contributed by atoms with van der Waals surface area (Å²) in [5.74, 6) is 0.0000341. The lowest BCUT2D eigenvalue weighted by Crippen LogP contribution is -2.69. The van der Waals surface area contributed by atoms with E-state index in [1.54, 1.807) is 0 Å². The Morgan fingerprint density at radius 1 is 1.00 bits per heavy atom. The monoisotopic (exact) mass is 660 g/mol. The van der Waals surface area contributed by atoms with Crippen LogP contribution in [0.3, 0.4) is 0 Å². The number of likely N-dealkylation sites (tertiary alicyclic amines) is 1. The third-order valence-corrected chi connectivity index (χ3v) is 13.6. The van der Waals surface area contributed by atoms with Crippen molar-refractivity contribution in [1.29, 1.82) is 0 Å².